The highest BCUT2D eigenvalue weighted by Gasteiger charge is 2.11. The SMILES string of the molecule is COC(=O)C[C@@H](N)c1ccc(OC)cc1.Cl. The van der Waals surface area contributed by atoms with Crippen molar-refractivity contribution in [1.29, 1.82) is 0 Å². The maximum atomic E-state index is 11.0. The van der Waals surface area contributed by atoms with E-state index in [2.05, 4.69) is 4.74 Å². The number of nitrogens with two attached hydrogens (primary N) is 1. The smallest absolute Gasteiger partial charge is 0.307 e. The Morgan fingerprint density at radius 3 is 2.31 bits per heavy atom. The molecule has 5 heteroatoms. The molecule has 0 bridgehead atoms. The van der Waals surface area contributed by atoms with E-state index in [9.17, 15) is 4.79 Å². The summed E-state index contributed by atoms with van der Waals surface area (Å²) in [5, 5.41) is 0. The second kappa shape index (κ2) is 7.09. The molecule has 0 radical (unpaired) electrons. The van der Waals surface area contributed by atoms with Crippen LogP contribution < -0.4 is 10.5 Å². The number of halogens is 1. The molecule has 0 aliphatic heterocycles. The topological polar surface area (TPSA) is 61.5 Å². The predicted molar refractivity (Wildman–Crippen MR) is 63.8 cm³/mol. The lowest BCUT2D eigenvalue weighted by Crippen LogP contribution is -2.16. The second-order valence-corrected chi connectivity index (χ2v) is 3.16. The molecule has 0 saturated heterocycles. The van der Waals surface area contributed by atoms with Gasteiger partial charge in [-0.25, -0.2) is 0 Å². The van der Waals surface area contributed by atoms with Crippen LogP contribution in [0.3, 0.4) is 0 Å². The Morgan fingerprint density at radius 2 is 1.88 bits per heavy atom. The normalized spacial score (nSPS) is 11.2. The predicted octanol–water partition coefficient (Wildman–Crippen LogP) is 1.68. The van der Waals surface area contributed by atoms with Gasteiger partial charge in [-0.05, 0) is 17.7 Å². The van der Waals surface area contributed by atoms with Crippen LogP contribution in [0.5, 0.6) is 5.75 Å². The molecule has 0 fully saturated rings. The maximum Gasteiger partial charge on any atom is 0.307 e. The number of hydrogen-bond donors (Lipinski definition) is 1. The number of methoxy groups -OCH3 is 2. The van der Waals surface area contributed by atoms with Crippen LogP contribution in [0.25, 0.3) is 0 Å². The Bertz CT molecular complexity index is 327. The van der Waals surface area contributed by atoms with Gasteiger partial charge in [0.15, 0.2) is 0 Å². The molecule has 1 rings (SSSR count). The van der Waals surface area contributed by atoms with Gasteiger partial charge in [-0.1, -0.05) is 12.1 Å². The number of ether oxygens (including phenoxy) is 2. The van der Waals surface area contributed by atoms with E-state index < -0.39 is 0 Å². The molecule has 1 atom stereocenters. The molecular weight excluding hydrogens is 230 g/mol. The highest BCUT2D eigenvalue weighted by Crippen LogP contribution is 2.18. The summed E-state index contributed by atoms with van der Waals surface area (Å²) < 4.78 is 9.56. The Morgan fingerprint density at radius 1 is 1.31 bits per heavy atom. The average molecular weight is 246 g/mol. The van der Waals surface area contributed by atoms with Crippen molar-refractivity contribution in [2.75, 3.05) is 14.2 Å². The van der Waals surface area contributed by atoms with Crippen molar-refractivity contribution in [2.24, 2.45) is 5.73 Å². The lowest BCUT2D eigenvalue weighted by Gasteiger charge is -2.10. The summed E-state index contributed by atoms with van der Waals surface area (Å²) in [6.45, 7) is 0. The van der Waals surface area contributed by atoms with E-state index in [1.807, 2.05) is 24.3 Å². The van der Waals surface area contributed by atoms with E-state index in [0.717, 1.165) is 11.3 Å². The molecule has 0 aromatic heterocycles. The van der Waals surface area contributed by atoms with Crippen molar-refractivity contribution >= 4 is 18.4 Å². The molecule has 4 nitrogen and oxygen atoms in total. The lowest BCUT2D eigenvalue weighted by atomic mass is 10.0. The van der Waals surface area contributed by atoms with E-state index in [4.69, 9.17) is 10.5 Å². The van der Waals surface area contributed by atoms with Crippen LogP contribution in [0, 0.1) is 0 Å². The first-order valence-electron chi connectivity index (χ1n) is 4.63. The van der Waals surface area contributed by atoms with E-state index in [-0.39, 0.29) is 30.8 Å². The summed E-state index contributed by atoms with van der Waals surface area (Å²) in [4.78, 5) is 11.0. The van der Waals surface area contributed by atoms with E-state index >= 15 is 0 Å². The highest BCUT2D eigenvalue weighted by molar-refractivity contribution is 5.85. The number of carbonyl (C=O) groups excluding carboxylic acids is 1. The van der Waals surface area contributed by atoms with Gasteiger partial charge in [0, 0.05) is 6.04 Å². The summed E-state index contributed by atoms with van der Waals surface area (Å²) in [6, 6.07) is 6.97. The van der Waals surface area contributed by atoms with Crippen LogP contribution in [-0.2, 0) is 9.53 Å². The molecule has 2 N–H and O–H groups in total. The van der Waals surface area contributed by atoms with Gasteiger partial charge in [0.05, 0.1) is 20.6 Å². The Labute approximate surface area is 101 Å². The molecule has 0 amide bonds. The van der Waals surface area contributed by atoms with Gasteiger partial charge >= 0.3 is 5.97 Å². The molecule has 90 valence electrons. The maximum absolute atomic E-state index is 11.0. The first-order valence-corrected chi connectivity index (χ1v) is 4.63. The van der Waals surface area contributed by atoms with Crippen LogP contribution >= 0.6 is 12.4 Å². The lowest BCUT2D eigenvalue weighted by molar-refractivity contribution is -0.141. The van der Waals surface area contributed by atoms with E-state index in [0.29, 0.717) is 0 Å². The largest absolute Gasteiger partial charge is 0.497 e. The first kappa shape index (κ1) is 14.7. The van der Waals surface area contributed by atoms with Crippen molar-refractivity contribution < 1.29 is 14.3 Å². The molecule has 0 heterocycles. The fourth-order valence-electron chi connectivity index (χ4n) is 1.23. The van der Waals surface area contributed by atoms with Crippen molar-refractivity contribution in [3.63, 3.8) is 0 Å². The van der Waals surface area contributed by atoms with Crippen molar-refractivity contribution in [1.82, 2.24) is 0 Å². The minimum Gasteiger partial charge on any atom is -0.497 e. The highest BCUT2D eigenvalue weighted by atomic mass is 35.5. The minimum atomic E-state index is -0.330. The number of esters is 1. The number of hydrogen-bond acceptors (Lipinski definition) is 4. The number of carbonyl (C=O) groups is 1. The van der Waals surface area contributed by atoms with Crippen LogP contribution in [0.2, 0.25) is 0 Å². The van der Waals surface area contributed by atoms with Gasteiger partial charge in [-0.3, -0.25) is 4.79 Å². The Hall–Kier alpha value is -1.26. The molecule has 1 aromatic carbocycles. The Balaban J connectivity index is 0.00000225. The number of rotatable bonds is 4. The van der Waals surface area contributed by atoms with Crippen LogP contribution in [0.4, 0.5) is 0 Å². The molecular formula is C11H16ClNO3. The molecule has 0 spiro atoms. The molecule has 0 unspecified atom stereocenters. The summed E-state index contributed by atoms with van der Waals surface area (Å²) >= 11 is 0. The zero-order chi connectivity index (χ0) is 11.3. The molecule has 0 aliphatic rings. The van der Waals surface area contributed by atoms with Gasteiger partial charge < -0.3 is 15.2 Å². The summed E-state index contributed by atoms with van der Waals surface area (Å²) in [7, 11) is 2.95. The fourth-order valence-corrected chi connectivity index (χ4v) is 1.23. The van der Waals surface area contributed by atoms with Gasteiger partial charge in [0.25, 0.3) is 0 Å². The Kier molecular flexibility index (Phi) is 6.53. The molecule has 0 aliphatic carbocycles. The van der Waals surface area contributed by atoms with Gasteiger partial charge in [-0.2, -0.15) is 0 Å². The third-order valence-corrected chi connectivity index (χ3v) is 2.16. The summed E-state index contributed by atoms with van der Waals surface area (Å²) in [5.74, 6) is 0.460. The van der Waals surface area contributed by atoms with Crippen molar-refractivity contribution in [2.45, 2.75) is 12.5 Å². The van der Waals surface area contributed by atoms with Crippen LogP contribution in [0.15, 0.2) is 24.3 Å². The quantitative estimate of drug-likeness (QED) is 0.820. The third kappa shape index (κ3) is 4.08. The van der Waals surface area contributed by atoms with E-state index in [1.165, 1.54) is 7.11 Å². The van der Waals surface area contributed by atoms with Gasteiger partial charge in [-0.15, -0.1) is 12.4 Å². The summed E-state index contributed by atoms with van der Waals surface area (Å²) in [5.41, 5.74) is 6.71. The first-order chi connectivity index (χ1) is 7.17. The van der Waals surface area contributed by atoms with Gasteiger partial charge in [0.1, 0.15) is 5.75 Å². The molecule has 0 saturated carbocycles. The van der Waals surface area contributed by atoms with Crippen molar-refractivity contribution in [3.8, 4) is 5.75 Å². The summed E-state index contributed by atoms with van der Waals surface area (Å²) in [6.07, 6.45) is 0.183. The minimum absolute atomic E-state index is 0. The van der Waals surface area contributed by atoms with Crippen molar-refractivity contribution in [3.05, 3.63) is 29.8 Å². The number of benzene rings is 1. The van der Waals surface area contributed by atoms with Gasteiger partial charge in [0.2, 0.25) is 0 Å². The monoisotopic (exact) mass is 245 g/mol. The van der Waals surface area contributed by atoms with E-state index in [1.54, 1.807) is 7.11 Å². The average Bonchev–Trinajstić information content (AvgIpc) is 2.29. The zero-order valence-corrected chi connectivity index (χ0v) is 10.1. The fraction of sp³-hybridized carbons (Fsp3) is 0.364. The molecule has 1 aromatic rings. The second-order valence-electron chi connectivity index (χ2n) is 3.16. The molecule has 16 heavy (non-hydrogen) atoms. The zero-order valence-electron chi connectivity index (χ0n) is 9.30. The van der Waals surface area contributed by atoms with Crippen LogP contribution in [-0.4, -0.2) is 20.2 Å². The standard InChI is InChI=1S/C11H15NO3.ClH/c1-14-9-5-3-8(4-6-9)10(12)7-11(13)15-2;/h3-6,10H,7,12H2,1-2H3;1H/t10-;/m1./s1. The van der Waals surface area contributed by atoms with Crippen LogP contribution in [0.1, 0.15) is 18.0 Å². The third-order valence-electron chi connectivity index (χ3n) is 2.16.